The first-order chi connectivity index (χ1) is 23.0. The average Bonchev–Trinajstić information content (AvgIpc) is 3.02. The summed E-state index contributed by atoms with van der Waals surface area (Å²) in [6.45, 7) is 8.18. The van der Waals surface area contributed by atoms with Gasteiger partial charge >= 0.3 is 6.09 Å². The molecule has 2 heterocycles. The molecule has 12 heteroatoms. The Morgan fingerprint density at radius 3 is 2.42 bits per heavy atom. The number of sulfonamides is 1. The zero-order valence-corrected chi connectivity index (χ0v) is 28.2. The van der Waals surface area contributed by atoms with Crippen molar-refractivity contribution in [3.8, 4) is 17.1 Å². The average molecular weight is 670 g/mol. The molecular formula is C36H39N5O6S. The summed E-state index contributed by atoms with van der Waals surface area (Å²) >= 11 is 0. The molecule has 250 valence electrons. The van der Waals surface area contributed by atoms with Gasteiger partial charge in [-0.25, -0.2) is 22.9 Å². The van der Waals surface area contributed by atoms with Crippen LogP contribution in [0.2, 0.25) is 0 Å². The van der Waals surface area contributed by atoms with E-state index in [0.29, 0.717) is 30.6 Å². The first-order valence-electron chi connectivity index (χ1n) is 16.0. The number of carbonyl (C=O) groups is 2. The first kappa shape index (κ1) is 33.0. The number of nitrogens with one attached hydrogen (secondary N) is 2. The van der Waals surface area contributed by atoms with Crippen LogP contribution in [0.3, 0.4) is 0 Å². The van der Waals surface area contributed by atoms with Crippen molar-refractivity contribution in [1.29, 1.82) is 0 Å². The monoisotopic (exact) mass is 669 g/mol. The number of ether oxygens (including phenoxy) is 2. The highest BCUT2D eigenvalue weighted by atomic mass is 32.2. The van der Waals surface area contributed by atoms with Gasteiger partial charge in [-0.1, -0.05) is 56.3 Å². The van der Waals surface area contributed by atoms with Crippen molar-refractivity contribution in [2.75, 3.05) is 16.6 Å². The molecule has 4 aromatic rings. The second kappa shape index (κ2) is 13.6. The van der Waals surface area contributed by atoms with E-state index in [0.717, 1.165) is 16.7 Å². The van der Waals surface area contributed by atoms with E-state index in [9.17, 15) is 18.0 Å². The van der Waals surface area contributed by atoms with E-state index in [1.165, 1.54) is 12.1 Å². The van der Waals surface area contributed by atoms with Gasteiger partial charge in [-0.2, -0.15) is 4.98 Å². The van der Waals surface area contributed by atoms with Crippen molar-refractivity contribution in [1.82, 2.24) is 14.9 Å². The summed E-state index contributed by atoms with van der Waals surface area (Å²) in [4.78, 5) is 37.6. The van der Waals surface area contributed by atoms with Crippen molar-refractivity contribution in [3.05, 3.63) is 95.6 Å². The molecule has 1 aliphatic heterocycles. The SMILES string of the molecule is Cc1cccc(C)c1-c1cc2nc(n1)NS(=O)(=O)c1cccc(c1)C(=O)N(C1CC(OC(=O)Nc3ccccc3)C1)[C@H](CC(C)C)CO2. The van der Waals surface area contributed by atoms with E-state index in [2.05, 4.69) is 33.9 Å². The maximum Gasteiger partial charge on any atom is 0.411 e. The summed E-state index contributed by atoms with van der Waals surface area (Å²) in [5.41, 5.74) is 4.14. The van der Waals surface area contributed by atoms with E-state index >= 15 is 0 Å². The van der Waals surface area contributed by atoms with Gasteiger partial charge in [0.05, 0.1) is 16.6 Å². The number of benzene rings is 3. The maximum atomic E-state index is 14.3. The number of rotatable bonds is 6. The van der Waals surface area contributed by atoms with E-state index in [-0.39, 0.29) is 46.8 Å². The highest BCUT2D eigenvalue weighted by Crippen LogP contribution is 2.35. The molecule has 1 saturated carbocycles. The van der Waals surface area contributed by atoms with Crippen LogP contribution in [0.1, 0.15) is 54.6 Å². The molecule has 1 aliphatic carbocycles. The van der Waals surface area contributed by atoms with Gasteiger partial charge in [0, 0.05) is 41.8 Å². The normalized spacial score (nSPS) is 20.2. The van der Waals surface area contributed by atoms with Crippen LogP contribution >= 0.6 is 0 Å². The summed E-state index contributed by atoms with van der Waals surface area (Å²) in [5, 5.41) is 2.73. The highest BCUT2D eigenvalue weighted by Gasteiger charge is 2.42. The Bertz CT molecular complexity index is 1910. The van der Waals surface area contributed by atoms with Crippen LogP contribution in [0.15, 0.2) is 83.8 Å². The summed E-state index contributed by atoms with van der Waals surface area (Å²) in [6, 6.07) is 21.9. The fourth-order valence-corrected chi connectivity index (χ4v) is 7.30. The molecule has 3 aromatic carbocycles. The predicted octanol–water partition coefficient (Wildman–Crippen LogP) is 6.59. The summed E-state index contributed by atoms with van der Waals surface area (Å²) in [6.07, 6.45) is 0.511. The van der Waals surface area contributed by atoms with Crippen LogP contribution < -0.4 is 14.8 Å². The van der Waals surface area contributed by atoms with Crippen molar-refractivity contribution in [3.63, 3.8) is 0 Å². The Balaban J connectivity index is 1.34. The van der Waals surface area contributed by atoms with Gasteiger partial charge < -0.3 is 14.4 Å². The van der Waals surface area contributed by atoms with E-state index < -0.39 is 28.3 Å². The lowest BCUT2D eigenvalue weighted by molar-refractivity contribution is -0.0240. The van der Waals surface area contributed by atoms with Crippen molar-refractivity contribution in [2.24, 2.45) is 5.92 Å². The topological polar surface area (TPSA) is 140 Å². The molecule has 4 bridgehead atoms. The minimum Gasteiger partial charge on any atom is -0.475 e. The third kappa shape index (κ3) is 7.28. The fourth-order valence-electron chi connectivity index (χ4n) is 6.31. The van der Waals surface area contributed by atoms with Gasteiger partial charge in [-0.15, -0.1) is 0 Å². The minimum absolute atomic E-state index is 0.0936. The molecule has 1 atom stereocenters. The molecule has 0 spiro atoms. The van der Waals surface area contributed by atoms with Gasteiger partial charge in [0.15, 0.2) is 0 Å². The number of aryl methyl sites for hydroxylation is 2. The lowest BCUT2D eigenvalue weighted by atomic mass is 9.85. The number of para-hydroxylation sites is 1. The van der Waals surface area contributed by atoms with Gasteiger partial charge in [0.2, 0.25) is 11.8 Å². The molecule has 2 N–H and O–H groups in total. The number of fused-ring (bicyclic) bond motifs is 4. The Morgan fingerprint density at radius 2 is 1.71 bits per heavy atom. The molecule has 2 amide bonds. The minimum atomic E-state index is -4.18. The molecule has 0 unspecified atom stereocenters. The number of carbonyl (C=O) groups excluding carboxylic acids is 2. The van der Waals surface area contributed by atoms with Crippen molar-refractivity contribution in [2.45, 2.75) is 70.0 Å². The molecule has 0 radical (unpaired) electrons. The number of hydrogen-bond acceptors (Lipinski definition) is 8. The van der Waals surface area contributed by atoms with Crippen LogP contribution in [0, 0.1) is 19.8 Å². The molecule has 1 aromatic heterocycles. The van der Waals surface area contributed by atoms with Crippen LogP contribution in [0.4, 0.5) is 16.4 Å². The Labute approximate surface area is 280 Å². The van der Waals surface area contributed by atoms with E-state index in [1.54, 1.807) is 35.2 Å². The lowest BCUT2D eigenvalue weighted by Crippen LogP contribution is -2.57. The molecule has 0 saturated heterocycles. The van der Waals surface area contributed by atoms with Gasteiger partial charge in [-0.3, -0.25) is 10.1 Å². The van der Waals surface area contributed by atoms with E-state index in [1.807, 2.05) is 50.2 Å². The Morgan fingerprint density at radius 1 is 1.00 bits per heavy atom. The maximum absolute atomic E-state index is 14.3. The third-order valence-electron chi connectivity index (χ3n) is 8.61. The van der Waals surface area contributed by atoms with Gasteiger partial charge in [0.1, 0.15) is 12.7 Å². The number of aromatic nitrogens is 2. The molecule has 11 nitrogen and oxygen atoms in total. The number of anilines is 2. The Kier molecular flexibility index (Phi) is 9.36. The fraction of sp³-hybridized carbons (Fsp3) is 0.333. The standard InChI is InChI=1S/C36H39N5O6S/c1-22(2)16-28-21-46-32-20-31(33-23(3)10-8-11-24(33)4)38-35(39-32)40-48(44,45)30-15-9-12-25(17-30)34(42)41(28)27-18-29(19-27)47-36(43)37-26-13-6-5-7-14-26/h5-15,17,20,22,27-29H,16,18-19,21H2,1-4H3,(H,37,43)(H,38,39,40)/t27?,28-,29?/m1/s1. The van der Waals surface area contributed by atoms with E-state index in [4.69, 9.17) is 9.47 Å². The first-order valence-corrected chi connectivity index (χ1v) is 17.5. The zero-order valence-electron chi connectivity index (χ0n) is 27.3. The van der Waals surface area contributed by atoms with Crippen molar-refractivity contribution < 1.29 is 27.5 Å². The molecule has 2 aliphatic rings. The second-order valence-corrected chi connectivity index (χ2v) is 14.4. The van der Waals surface area contributed by atoms with Gasteiger partial charge in [-0.05, 0) is 67.6 Å². The molecule has 6 rings (SSSR count). The molecule has 48 heavy (non-hydrogen) atoms. The summed E-state index contributed by atoms with van der Waals surface area (Å²) in [7, 11) is -4.18. The Hall–Kier alpha value is -4.97. The smallest absolute Gasteiger partial charge is 0.411 e. The van der Waals surface area contributed by atoms with Crippen LogP contribution in [0.25, 0.3) is 11.3 Å². The number of nitrogens with zero attached hydrogens (tertiary/aromatic N) is 3. The number of hydrogen-bond donors (Lipinski definition) is 2. The molecule has 1 fully saturated rings. The van der Waals surface area contributed by atoms with Crippen molar-refractivity contribution >= 4 is 33.7 Å². The second-order valence-electron chi connectivity index (χ2n) is 12.8. The quantitative estimate of drug-likeness (QED) is 0.234. The van der Waals surface area contributed by atoms with Crippen LogP contribution in [-0.2, 0) is 14.8 Å². The lowest BCUT2D eigenvalue weighted by Gasteiger charge is -2.46. The van der Waals surface area contributed by atoms with Crippen LogP contribution in [-0.4, -0.2) is 60.1 Å². The van der Waals surface area contributed by atoms with Crippen LogP contribution in [0.5, 0.6) is 5.88 Å². The largest absolute Gasteiger partial charge is 0.475 e. The van der Waals surface area contributed by atoms with Gasteiger partial charge in [0.25, 0.3) is 15.9 Å². The molecular weight excluding hydrogens is 630 g/mol. The zero-order chi connectivity index (χ0) is 34.0. The third-order valence-corrected chi connectivity index (χ3v) is 9.93. The predicted molar refractivity (Wildman–Crippen MR) is 182 cm³/mol. The summed E-state index contributed by atoms with van der Waals surface area (Å²) in [5.74, 6) is -0.0781. The number of amides is 2. The highest BCUT2D eigenvalue weighted by molar-refractivity contribution is 7.92. The summed E-state index contributed by atoms with van der Waals surface area (Å²) < 4.78 is 41.7.